The van der Waals surface area contributed by atoms with Gasteiger partial charge in [0, 0.05) is 14.2 Å². The van der Waals surface area contributed by atoms with Crippen LogP contribution in [-0.2, 0) is 13.6 Å². The first-order valence-corrected chi connectivity index (χ1v) is 4.22. The summed E-state index contributed by atoms with van der Waals surface area (Å²) >= 11 is 0. The van der Waals surface area contributed by atoms with Crippen LogP contribution in [0, 0.1) is 0 Å². The molecular weight excluding hydrogens is 143 g/mol. The van der Waals surface area contributed by atoms with Gasteiger partial charge in [0.1, 0.15) is 0 Å². The number of aliphatic hydroxyl groups is 1. The third-order valence-corrected chi connectivity index (χ3v) is 2.79. The third-order valence-electron chi connectivity index (χ3n) is 0.930. The van der Waals surface area contributed by atoms with Gasteiger partial charge in [-0.1, -0.05) is 0 Å². The molecule has 56 valence electrons. The Morgan fingerprint density at radius 3 is 2.00 bits per heavy atom. The lowest BCUT2D eigenvalue weighted by Crippen LogP contribution is -1.98. The minimum Gasteiger partial charge on any atom is -0.396 e. The van der Waals surface area contributed by atoms with Crippen LogP contribution in [0.3, 0.4) is 0 Å². The highest BCUT2D eigenvalue weighted by molar-refractivity contribution is 7.53. The number of aliphatic hydroxyl groups excluding tert-OH is 1. The van der Waals surface area contributed by atoms with E-state index in [0.717, 1.165) is 0 Å². The molecule has 0 saturated carbocycles. The van der Waals surface area contributed by atoms with Crippen molar-refractivity contribution in [2.45, 2.75) is 0 Å². The molecule has 0 rings (SSSR count). The van der Waals surface area contributed by atoms with Crippen LogP contribution in [0.4, 0.5) is 0 Å². The van der Waals surface area contributed by atoms with Crippen molar-refractivity contribution in [2.24, 2.45) is 0 Å². The molecule has 0 bridgehead atoms. The first-order valence-electron chi connectivity index (χ1n) is 2.50. The molecule has 0 aliphatic carbocycles. The molecular formula is C4H11O4P. The second kappa shape index (κ2) is 4.01. The van der Waals surface area contributed by atoms with Crippen molar-refractivity contribution in [1.82, 2.24) is 0 Å². The van der Waals surface area contributed by atoms with Crippen molar-refractivity contribution in [3.05, 3.63) is 0 Å². The fraction of sp³-hybridized carbons (Fsp3) is 1.00. The standard InChI is InChI=1S/C4H11O4P/c1-7-9(6,8-2)4-3-5/h5H,3-4H2,1-2H3. The third kappa shape index (κ3) is 2.96. The van der Waals surface area contributed by atoms with E-state index in [4.69, 9.17) is 5.11 Å². The average Bonchev–Trinajstić information content (AvgIpc) is 1.89. The van der Waals surface area contributed by atoms with Crippen LogP contribution in [0.25, 0.3) is 0 Å². The molecule has 1 N–H and O–H groups in total. The molecule has 0 fully saturated rings. The van der Waals surface area contributed by atoms with E-state index in [1.165, 1.54) is 14.2 Å². The summed E-state index contributed by atoms with van der Waals surface area (Å²) in [5.74, 6) is 0. The fourth-order valence-corrected chi connectivity index (χ4v) is 1.14. The molecule has 0 aromatic heterocycles. The number of hydrogen-bond donors (Lipinski definition) is 1. The lowest BCUT2D eigenvalue weighted by atomic mass is 10.9. The molecule has 0 aliphatic heterocycles. The van der Waals surface area contributed by atoms with Gasteiger partial charge in [0.2, 0.25) is 0 Å². The highest BCUT2D eigenvalue weighted by Crippen LogP contribution is 2.45. The molecule has 0 saturated heterocycles. The van der Waals surface area contributed by atoms with E-state index in [0.29, 0.717) is 0 Å². The SMILES string of the molecule is COP(=O)(CCO)OC. The Bertz CT molecular complexity index is 105. The van der Waals surface area contributed by atoms with Gasteiger partial charge >= 0.3 is 7.60 Å². The highest BCUT2D eigenvalue weighted by atomic mass is 31.2. The van der Waals surface area contributed by atoms with Crippen molar-refractivity contribution >= 4 is 7.60 Å². The molecule has 9 heavy (non-hydrogen) atoms. The largest absolute Gasteiger partial charge is 0.396 e. The predicted octanol–water partition coefficient (Wildman–Crippen LogP) is 0.465. The zero-order valence-electron chi connectivity index (χ0n) is 5.53. The van der Waals surface area contributed by atoms with E-state index in [1.807, 2.05) is 0 Å². The van der Waals surface area contributed by atoms with E-state index in [1.54, 1.807) is 0 Å². The average molecular weight is 154 g/mol. The Balaban J connectivity index is 3.78. The molecule has 0 aromatic rings. The van der Waals surface area contributed by atoms with E-state index in [-0.39, 0.29) is 12.8 Å². The maximum Gasteiger partial charge on any atom is 0.332 e. The van der Waals surface area contributed by atoms with E-state index in [9.17, 15) is 4.57 Å². The van der Waals surface area contributed by atoms with Gasteiger partial charge < -0.3 is 14.2 Å². The number of hydrogen-bond acceptors (Lipinski definition) is 4. The summed E-state index contributed by atoms with van der Waals surface area (Å²) in [5, 5.41) is 8.33. The van der Waals surface area contributed by atoms with Crippen LogP contribution in [0.15, 0.2) is 0 Å². The Morgan fingerprint density at radius 2 is 1.89 bits per heavy atom. The van der Waals surface area contributed by atoms with E-state index >= 15 is 0 Å². The van der Waals surface area contributed by atoms with Crippen LogP contribution >= 0.6 is 7.60 Å². The summed E-state index contributed by atoms with van der Waals surface area (Å²) in [6.45, 7) is -0.182. The van der Waals surface area contributed by atoms with Crippen LogP contribution in [-0.4, -0.2) is 32.1 Å². The smallest absolute Gasteiger partial charge is 0.332 e. The normalized spacial score (nSPS) is 11.9. The zero-order valence-corrected chi connectivity index (χ0v) is 6.43. The minimum atomic E-state index is -2.93. The van der Waals surface area contributed by atoms with Crippen LogP contribution in [0.2, 0.25) is 0 Å². The lowest BCUT2D eigenvalue weighted by molar-refractivity contribution is 0.256. The van der Waals surface area contributed by atoms with Gasteiger partial charge in [0.25, 0.3) is 0 Å². The van der Waals surface area contributed by atoms with Crippen molar-refractivity contribution < 1.29 is 18.7 Å². The van der Waals surface area contributed by atoms with Crippen molar-refractivity contribution in [1.29, 1.82) is 0 Å². The summed E-state index contributed by atoms with van der Waals surface area (Å²) in [7, 11) is -0.348. The molecule has 0 spiro atoms. The second-order valence-electron chi connectivity index (χ2n) is 1.42. The monoisotopic (exact) mass is 154 g/mol. The minimum absolute atomic E-state index is 0.0556. The van der Waals surface area contributed by atoms with Crippen LogP contribution in [0.1, 0.15) is 0 Å². The maximum atomic E-state index is 10.9. The first-order chi connectivity index (χ1) is 4.18. The van der Waals surface area contributed by atoms with Gasteiger partial charge in [0.15, 0.2) is 0 Å². The Labute approximate surface area is 54.3 Å². The molecule has 0 amide bonds. The fourth-order valence-electron chi connectivity index (χ4n) is 0.380. The molecule has 0 radical (unpaired) electrons. The van der Waals surface area contributed by atoms with Crippen molar-refractivity contribution in [3.63, 3.8) is 0 Å². The van der Waals surface area contributed by atoms with Gasteiger partial charge in [-0.2, -0.15) is 0 Å². The second-order valence-corrected chi connectivity index (χ2v) is 3.82. The van der Waals surface area contributed by atoms with Gasteiger partial charge in [-0.05, 0) is 0 Å². The van der Waals surface area contributed by atoms with Crippen molar-refractivity contribution in [3.8, 4) is 0 Å². The predicted molar refractivity (Wildman–Crippen MR) is 33.6 cm³/mol. The summed E-state index contributed by atoms with van der Waals surface area (Å²) in [6.07, 6.45) is 0.0556. The Kier molecular flexibility index (Phi) is 4.06. The summed E-state index contributed by atoms with van der Waals surface area (Å²) in [5.41, 5.74) is 0. The number of rotatable bonds is 4. The zero-order chi connectivity index (χ0) is 7.33. The quantitative estimate of drug-likeness (QED) is 0.598. The molecule has 0 aliphatic rings. The van der Waals surface area contributed by atoms with Gasteiger partial charge in [-0.25, -0.2) is 0 Å². The molecule has 0 heterocycles. The Morgan fingerprint density at radius 1 is 1.44 bits per heavy atom. The molecule has 5 heteroatoms. The highest BCUT2D eigenvalue weighted by Gasteiger charge is 2.18. The molecule has 0 unspecified atom stereocenters. The summed E-state index contributed by atoms with van der Waals surface area (Å²) in [4.78, 5) is 0. The summed E-state index contributed by atoms with van der Waals surface area (Å²) in [6, 6.07) is 0. The molecule has 0 atom stereocenters. The maximum absolute atomic E-state index is 10.9. The van der Waals surface area contributed by atoms with Gasteiger partial charge in [-0.15, -0.1) is 0 Å². The Hall–Kier alpha value is 0.110. The lowest BCUT2D eigenvalue weighted by Gasteiger charge is -2.10. The topological polar surface area (TPSA) is 55.8 Å². The molecule has 4 nitrogen and oxygen atoms in total. The summed E-state index contributed by atoms with van der Waals surface area (Å²) < 4.78 is 19.9. The van der Waals surface area contributed by atoms with Gasteiger partial charge in [-0.3, -0.25) is 4.57 Å². The van der Waals surface area contributed by atoms with E-state index < -0.39 is 7.60 Å². The molecule has 0 aromatic carbocycles. The van der Waals surface area contributed by atoms with Crippen LogP contribution in [0.5, 0.6) is 0 Å². The van der Waals surface area contributed by atoms with Crippen molar-refractivity contribution in [2.75, 3.05) is 27.0 Å². The first kappa shape index (κ1) is 9.11. The van der Waals surface area contributed by atoms with Crippen LogP contribution < -0.4 is 0 Å². The van der Waals surface area contributed by atoms with Gasteiger partial charge in [0.05, 0.1) is 12.8 Å². The van der Waals surface area contributed by atoms with E-state index in [2.05, 4.69) is 9.05 Å².